The van der Waals surface area contributed by atoms with E-state index in [0.717, 1.165) is 11.1 Å². The summed E-state index contributed by atoms with van der Waals surface area (Å²) in [6.07, 6.45) is 1.44. The number of sulfonamides is 1. The van der Waals surface area contributed by atoms with Crippen LogP contribution in [0.1, 0.15) is 22.5 Å². The minimum atomic E-state index is -3.93. The molecule has 0 amide bonds. The average molecular weight is 408 g/mol. The number of methoxy groups -OCH3 is 1. The smallest absolute Gasteiger partial charge is 0.244 e. The number of rotatable bonds is 7. The third-order valence-corrected chi connectivity index (χ3v) is 6.62. The van der Waals surface area contributed by atoms with Gasteiger partial charge in [-0.3, -0.25) is 0 Å². The Morgan fingerprint density at radius 1 is 1.26 bits per heavy atom. The van der Waals surface area contributed by atoms with E-state index < -0.39 is 15.6 Å². The fraction of sp³-hybridized carbons (Fsp3) is 0.263. The Morgan fingerprint density at radius 3 is 2.59 bits per heavy atom. The van der Waals surface area contributed by atoms with Gasteiger partial charge in [-0.2, -0.15) is 11.3 Å². The molecule has 0 radical (unpaired) electrons. The van der Waals surface area contributed by atoms with Gasteiger partial charge in [-0.05, 0) is 66.1 Å². The summed E-state index contributed by atoms with van der Waals surface area (Å²) in [5, 5.41) is 14.8. The van der Waals surface area contributed by atoms with E-state index in [1.54, 1.807) is 35.7 Å². The van der Waals surface area contributed by atoms with Gasteiger partial charge in [-0.25, -0.2) is 13.1 Å². The molecule has 3 aromatic rings. The first-order valence-electron chi connectivity index (χ1n) is 8.22. The molecule has 144 valence electrons. The number of thiophene rings is 1. The van der Waals surface area contributed by atoms with E-state index in [1.807, 2.05) is 19.2 Å². The average Bonchev–Trinajstić information content (AvgIpc) is 3.35. The van der Waals surface area contributed by atoms with E-state index in [4.69, 9.17) is 9.15 Å². The van der Waals surface area contributed by atoms with Crippen molar-refractivity contribution in [3.8, 4) is 5.75 Å². The summed E-state index contributed by atoms with van der Waals surface area (Å²) in [7, 11) is -2.51. The first-order chi connectivity index (χ1) is 12.8. The molecule has 2 aromatic heterocycles. The van der Waals surface area contributed by atoms with Crippen molar-refractivity contribution in [3.05, 3.63) is 69.8 Å². The highest BCUT2D eigenvalue weighted by Gasteiger charge is 2.37. The highest BCUT2D eigenvalue weighted by atomic mass is 32.2. The maximum atomic E-state index is 12.9. The maximum Gasteiger partial charge on any atom is 0.244 e. The van der Waals surface area contributed by atoms with Gasteiger partial charge in [0.05, 0.1) is 19.9 Å². The Morgan fingerprint density at radius 2 is 2.00 bits per heavy atom. The van der Waals surface area contributed by atoms with Gasteiger partial charge in [-0.1, -0.05) is 0 Å². The van der Waals surface area contributed by atoms with Crippen molar-refractivity contribution in [2.24, 2.45) is 0 Å². The van der Waals surface area contributed by atoms with Crippen LogP contribution in [0.5, 0.6) is 5.75 Å². The van der Waals surface area contributed by atoms with E-state index in [9.17, 15) is 13.5 Å². The second-order valence-electron chi connectivity index (χ2n) is 6.26. The Bertz CT molecular complexity index is 975. The predicted octanol–water partition coefficient (Wildman–Crippen LogP) is 3.18. The van der Waals surface area contributed by atoms with E-state index in [0.29, 0.717) is 5.56 Å². The van der Waals surface area contributed by atoms with Crippen LogP contribution in [0.2, 0.25) is 0 Å². The molecule has 27 heavy (non-hydrogen) atoms. The summed E-state index contributed by atoms with van der Waals surface area (Å²) in [4.78, 5) is 0.0280. The lowest BCUT2D eigenvalue weighted by Crippen LogP contribution is -2.41. The molecule has 0 aliphatic heterocycles. The number of hydrogen-bond donors (Lipinski definition) is 2. The van der Waals surface area contributed by atoms with Gasteiger partial charge in [0.1, 0.15) is 16.4 Å². The predicted molar refractivity (Wildman–Crippen MR) is 104 cm³/mol. The van der Waals surface area contributed by atoms with Crippen LogP contribution in [0.3, 0.4) is 0 Å². The van der Waals surface area contributed by atoms with Crippen LogP contribution in [0.25, 0.3) is 0 Å². The Hall–Kier alpha value is -2.13. The van der Waals surface area contributed by atoms with E-state index >= 15 is 0 Å². The Labute approximate surface area is 162 Å². The lowest BCUT2D eigenvalue weighted by Gasteiger charge is -2.26. The molecule has 0 bridgehead atoms. The van der Waals surface area contributed by atoms with Gasteiger partial charge < -0.3 is 14.3 Å². The summed E-state index contributed by atoms with van der Waals surface area (Å²) >= 11 is 1.40. The molecule has 0 aliphatic carbocycles. The van der Waals surface area contributed by atoms with E-state index in [-0.39, 0.29) is 22.9 Å². The largest absolute Gasteiger partial charge is 0.495 e. The quantitative estimate of drug-likeness (QED) is 0.628. The molecule has 1 unspecified atom stereocenters. The molecule has 0 spiro atoms. The third kappa shape index (κ3) is 3.79. The van der Waals surface area contributed by atoms with Gasteiger partial charge in [0.25, 0.3) is 0 Å². The zero-order chi connectivity index (χ0) is 19.7. The molecule has 1 atom stereocenters. The van der Waals surface area contributed by atoms with Gasteiger partial charge >= 0.3 is 0 Å². The number of benzene rings is 1. The van der Waals surface area contributed by atoms with Crippen molar-refractivity contribution in [1.82, 2.24) is 4.72 Å². The fourth-order valence-electron chi connectivity index (χ4n) is 2.76. The summed E-state index contributed by atoms with van der Waals surface area (Å²) in [6, 6.07) is 8.24. The van der Waals surface area contributed by atoms with Gasteiger partial charge in [0.2, 0.25) is 10.0 Å². The normalized spacial score (nSPS) is 14.1. The maximum absolute atomic E-state index is 12.9. The van der Waals surface area contributed by atoms with Crippen LogP contribution >= 0.6 is 11.3 Å². The lowest BCUT2D eigenvalue weighted by atomic mass is 9.94. The third-order valence-electron chi connectivity index (χ3n) is 4.52. The first-order valence-corrected chi connectivity index (χ1v) is 10.6. The monoisotopic (exact) mass is 407 g/mol. The molecule has 2 N–H and O–H groups in total. The summed E-state index contributed by atoms with van der Waals surface area (Å²) in [5.41, 5.74) is 0.687. The number of ether oxygens (including phenoxy) is 1. The summed E-state index contributed by atoms with van der Waals surface area (Å²) in [5.74, 6) is 0.512. The first kappa shape index (κ1) is 19.6. The van der Waals surface area contributed by atoms with Crippen molar-refractivity contribution in [2.75, 3.05) is 13.7 Å². The lowest BCUT2D eigenvalue weighted by molar-refractivity contribution is 0.0623. The number of nitrogens with one attached hydrogen (secondary N) is 1. The van der Waals surface area contributed by atoms with Crippen LogP contribution < -0.4 is 9.46 Å². The van der Waals surface area contributed by atoms with E-state index in [1.165, 1.54) is 24.7 Å². The minimum Gasteiger partial charge on any atom is -0.495 e. The zero-order valence-corrected chi connectivity index (χ0v) is 16.9. The molecular formula is C19H21NO5S2. The Balaban J connectivity index is 1.95. The van der Waals surface area contributed by atoms with Crippen molar-refractivity contribution in [1.29, 1.82) is 0 Å². The standard InChI is InChI=1S/C19H21NO5S2/c1-13-9-16(24-3)17(10-14(13)2)27(22,23)20-12-19(21,15-6-8-26-11-15)18-5-4-7-25-18/h4-11,20-21H,12H2,1-3H3. The molecule has 1 aromatic carbocycles. The minimum absolute atomic E-state index is 0.0280. The number of furan rings is 1. The topological polar surface area (TPSA) is 88.8 Å². The highest BCUT2D eigenvalue weighted by Crippen LogP contribution is 2.32. The molecular weight excluding hydrogens is 386 g/mol. The second-order valence-corrected chi connectivity index (χ2v) is 8.78. The van der Waals surface area contributed by atoms with Crippen molar-refractivity contribution >= 4 is 21.4 Å². The molecule has 2 heterocycles. The van der Waals surface area contributed by atoms with Crippen molar-refractivity contribution in [3.63, 3.8) is 0 Å². The van der Waals surface area contributed by atoms with E-state index in [2.05, 4.69) is 4.72 Å². The van der Waals surface area contributed by atoms with Gasteiger partial charge in [-0.15, -0.1) is 0 Å². The molecule has 0 saturated heterocycles. The van der Waals surface area contributed by atoms with Crippen molar-refractivity contribution in [2.45, 2.75) is 24.3 Å². The molecule has 0 fully saturated rings. The molecule has 3 rings (SSSR count). The Kier molecular flexibility index (Phi) is 5.43. The van der Waals surface area contributed by atoms with Crippen LogP contribution in [-0.2, 0) is 15.6 Å². The number of aryl methyl sites for hydroxylation is 2. The van der Waals surface area contributed by atoms with Crippen LogP contribution in [0, 0.1) is 13.8 Å². The molecule has 0 saturated carbocycles. The molecule has 6 nitrogen and oxygen atoms in total. The number of aliphatic hydroxyl groups is 1. The fourth-order valence-corrected chi connectivity index (χ4v) is 4.77. The number of hydrogen-bond acceptors (Lipinski definition) is 6. The van der Waals surface area contributed by atoms with Gasteiger partial charge in [0.15, 0.2) is 5.60 Å². The van der Waals surface area contributed by atoms with Crippen LogP contribution in [-0.4, -0.2) is 27.2 Å². The van der Waals surface area contributed by atoms with Crippen molar-refractivity contribution < 1.29 is 22.7 Å². The molecule has 8 heteroatoms. The second kappa shape index (κ2) is 7.47. The molecule has 0 aliphatic rings. The summed E-state index contributed by atoms with van der Waals surface area (Å²) in [6.45, 7) is 3.43. The van der Waals surface area contributed by atoms with Crippen LogP contribution in [0.4, 0.5) is 0 Å². The zero-order valence-electron chi connectivity index (χ0n) is 15.2. The highest BCUT2D eigenvalue weighted by molar-refractivity contribution is 7.89. The van der Waals surface area contributed by atoms with Gasteiger partial charge in [0, 0.05) is 5.56 Å². The van der Waals surface area contributed by atoms with Crippen LogP contribution in [0.15, 0.2) is 56.7 Å². The SMILES string of the molecule is COc1cc(C)c(C)cc1S(=O)(=O)NCC(O)(c1ccsc1)c1ccco1. The summed E-state index contributed by atoms with van der Waals surface area (Å²) < 4.78 is 39.0.